The van der Waals surface area contributed by atoms with E-state index in [2.05, 4.69) is 38.7 Å². The fourth-order valence-corrected chi connectivity index (χ4v) is 3.87. The van der Waals surface area contributed by atoms with E-state index in [0.717, 1.165) is 47.6 Å². The SMILES string of the molecule is COc1ccc(Br)cc1CCc1c(Cl)cccc1C1NCCCN1. The van der Waals surface area contributed by atoms with Gasteiger partial charge in [-0.2, -0.15) is 0 Å². The number of rotatable bonds is 5. The van der Waals surface area contributed by atoms with E-state index in [9.17, 15) is 0 Å². The molecule has 0 amide bonds. The van der Waals surface area contributed by atoms with Crippen molar-refractivity contribution in [3.63, 3.8) is 0 Å². The van der Waals surface area contributed by atoms with Crippen LogP contribution in [0.3, 0.4) is 0 Å². The third kappa shape index (κ3) is 4.12. The average Bonchev–Trinajstić information content (AvgIpc) is 2.61. The Labute approximate surface area is 156 Å². The predicted molar refractivity (Wildman–Crippen MR) is 103 cm³/mol. The van der Waals surface area contributed by atoms with Gasteiger partial charge in [-0.1, -0.05) is 39.7 Å². The molecule has 0 spiro atoms. The number of hydrogen-bond donors (Lipinski definition) is 2. The van der Waals surface area contributed by atoms with Crippen LogP contribution in [0.1, 0.15) is 29.3 Å². The summed E-state index contributed by atoms with van der Waals surface area (Å²) in [5.74, 6) is 0.917. The highest BCUT2D eigenvalue weighted by atomic mass is 79.9. The summed E-state index contributed by atoms with van der Waals surface area (Å²) in [5.41, 5.74) is 3.63. The second kappa shape index (κ2) is 8.34. The lowest BCUT2D eigenvalue weighted by Gasteiger charge is -2.28. The number of aryl methyl sites for hydroxylation is 1. The molecule has 1 fully saturated rings. The molecule has 2 aromatic rings. The standard InChI is InChI=1S/C19H22BrClN2O/c1-24-18-9-7-14(20)12-13(18)6-8-15-16(4-2-5-17(15)21)19-22-10-3-11-23-19/h2,4-5,7,9,12,19,22-23H,3,6,8,10-11H2,1H3. The highest BCUT2D eigenvalue weighted by Gasteiger charge is 2.19. The third-order valence-electron chi connectivity index (χ3n) is 4.40. The molecule has 1 saturated heterocycles. The van der Waals surface area contributed by atoms with Crippen molar-refractivity contribution in [2.45, 2.75) is 25.4 Å². The number of hydrogen-bond acceptors (Lipinski definition) is 3. The van der Waals surface area contributed by atoms with Crippen LogP contribution in [0.5, 0.6) is 5.75 Å². The zero-order chi connectivity index (χ0) is 16.9. The minimum Gasteiger partial charge on any atom is -0.496 e. The summed E-state index contributed by atoms with van der Waals surface area (Å²) < 4.78 is 6.55. The summed E-state index contributed by atoms with van der Waals surface area (Å²) >= 11 is 10.1. The molecule has 5 heteroatoms. The van der Waals surface area contributed by atoms with Gasteiger partial charge in [0.25, 0.3) is 0 Å². The largest absolute Gasteiger partial charge is 0.496 e. The molecule has 3 nitrogen and oxygen atoms in total. The Morgan fingerprint density at radius 2 is 1.96 bits per heavy atom. The van der Waals surface area contributed by atoms with Crippen LogP contribution in [0, 0.1) is 0 Å². The van der Waals surface area contributed by atoms with E-state index in [1.165, 1.54) is 16.7 Å². The van der Waals surface area contributed by atoms with E-state index in [1.807, 2.05) is 24.3 Å². The van der Waals surface area contributed by atoms with Gasteiger partial charge in [0.1, 0.15) is 5.75 Å². The maximum Gasteiger partial charge on any atom is 0.122 e. The van der Waals surface area contributed by atoms with Crippen LogP contribution in [0.25, 0.3) is 0 Å². The van der Waals surface area contributed by atoms with E-state index < -0.39 is 0 Å². The van der Waals surface area contributed by atoms with E-state index in [-0.39, 0.29) is 6.17 Å². The fraction of sp³-hybridized carbons (Fsp3) is 0.368. The molecule has 3 rings (SSSR count). The van der Waals surface area contributed by atoms with Gasteiger partial charge in [0.15, 0.2) is 0 Å². The smallest absolute Gasteiger partial charge is 0.122 e. The molecule has 1 aliphatic rings. The molecule has 0 aromatic heterocycles. The highest BCUT2D eigenvalue weighted by molar-refractivity contribution is 9.10. The quantitative estimate of drug-likeness (QED) is 0.764. The second-order valence-electron chi connectivity index (χ2n) is 5.96. The molecular formula is C19H22BrClN2O. The van der Waals surface area contributed by atoms with Gasteiger partial charge in [-0.05, 0) is 73.3 Å². The molecule has 0 bridgehead atoms. The summed E-state index contributed by atoms with van der Waals surface area (Å²) in [7, 11) is 1.71. The van der Waals surface area contributed by atoms with Crippen molar-refractivity contribution in [1.29, 1.82) is 0 Å². The van der Waals surface area contributed by atoms with E-state index in [1.54, 1.807) is 7.11 Å². The fourth-order valence-electron chi connectivity index (χ4n) is 3.19. The van der Waals surface area contributed by atoms with Gasteiger partial charge < -0.3 is 4.74 Å². The first-order valence-electron chi connectivity index (χ1n) is 8.25. The van der Waals surface area contributed by atoms with Crippen molar-refractivity contribution < 1.29 is 4.74 Å². The Morgan fingerprint density at radius 3 is 2.71 bits per heavy atom. The van der Waals surface area contributed by atoms with Crippen molar-refractivity contribution in [3.8, 4) is 5.75 Å². The number of ether oxygens (including phenoxy) is 1. The molecule has 0 aliphatic carbocycles. The molecule has 0 radical (unpaired) electrons. The second-order valence-corrected chi connectivity index (χ2v) is 7.28. The Balaban J connectivity index is 1.83. The molecule has 2 aromatic carbocycles. The lowest BCUT2D eigenvalue weighted by Crippen LogP contribution is -2.41. The first-order chi connectivity index (χ1) is 11.7. The van der Waals surface area contributed by atoms with Gasteiger partial charge in [-0.3, -0.25) is 10.6 Å². The first kappa shape index (κ1) is 17.7. The van der Waals surface area contributed by atoms with Gasteiger partial charge in [-0.25, -0.2) is 0 Å². The number of methoxy groups -OCH3 is 1. The summed E-state index contributed by atoms with van der Waals surface area (Å²) in [6, 6.07) is 12.3. The van der Waals surface area contributed by atoms with Gasteiger partial charge in [-0.15, -0.1) is 0 Å². The third-order valence-corrected chi connectivity index (χ3v) is 5.25. The average molecular weight is 410 g/mol. The van der Waals surface area contributed by atoms with Crippen LogP contribution >= 0.6 is 27.5 Å². The summed E-state index contributed by atoms with van der Waals surface area (Å²) in [6.07, 6.45) is 3.09. The topological polar surface area (TPSA) is 33.3 Å². The molecule has 2 N–H and O–H groups in total. The van der Waals surface area contributed by atoms with Crippen molar-refractivity contribution >= 4 is 27.5 Å². The lowest BCUT2D eigenvalue weighted by atomic mass is 9.97. The van der Waals surface area contributed by atoms with Crippen molar-refractivity contribution in [3.05, 3.63) is 62.6 Å². The molecular weight excluding hydrogens is 388 g/mol. The normalized spacial score (nSPS) is 15.5. The minimum atomic E-state index is 0.178. The lowest BCUT2D eigenvalue weighted by molar-refractivity contribution is 0.378. The first-order valence-corrected chi connectivity index (χ1v) is 9.42. The Morgan fingerprint density at radius 1 is 1.17 bits per heavy atom. The Bertz CT molecular complexity index is 702. The highest BCUT2D eigenvalue weighted by Crippen LogP contribution is 2.29. The van der Waals surface area contributed by atoms with Crippen LogP contribution in [0.4, 0.5) is 0 Å². The van der Waals surface area contributed by atoms with Gasteiger partial charge >= 0.3 is 0 Å². The van der Waals surface area contributed by atoms with Crippen LogP contribution in [-0.4, -0.2) is 20.2 Å². The number of halogens is 2. The summed E-state index contributed by atoms with van der Waals surface area (Å²) in [5, 5.41) is 7.89. The maximum atomic E-state index is 6.52. The maximum absolute atomic E-state index is 6.52. The van der Waals surface area contributed by atoms with Crippen LogP contribution in [-0.2, 0) is 12.8 Å². The van der Waals surface area contributed by atoms with Crippen LogP contribution in [0.2, 0.25) is 5.02 Å². The van der Waals surface area contributed by atoms with Gasteiger partial charge in [0.05, 0.1) is 13.3 Å². The predicted octanol–water partition coefficient (Wildman–Crippen LogP) is 4.48. The molecule has 128 valence electrons. The zero-order valence-electron chi connectivity index (χ0n) is 13.7. The van der Waals surface area contributed by atoms with Crippen molar-refractivity contribution in [2.75, 3.05) is 20.2 Å². The van der Waals surface area contributed by atoms with Crippen molar-refractivity contribution in [1.82, 2.24) is 10.6 Å². The minimum absolute atomic E-state index is 0.178. The number of nitrogens with one attached hydrogen (secondary N) is 2. The zero-order valence-corrected chi connectivity index (χ0v) is 16.1. The molecule has 1 aliphatic heterocycles. The Hall–Kier alpha value is -1.07. The molecule has 1 heterocycles. The van der Waals surface area contributed by atoms with Crippen LogP contribution in [0.15, 0.2) is 40.9 Å². The van der Waals surface area contributed by atoms with E-state index in [0.29, 0.717) is 0 Å². The molecule has 0 atom stereocenters. The molecule has 0 unspecified atom stereocenters. The van der Waals surface area contributed by atoms with Gasteiger partial charge in [0.2, 0.25) is 0 Å². The summed E-state index contributed by atoms with van der Waals surface area (Å²) in [6.45, 7) is 2.06. The monoisotopic (exact) mass is 408 g/mol. The molecule has 0 saturated carbocycles. The summed E-state index contributed by atoms with van der Waals surface area (Å²) in [4.78, 5) is 0. The Kier molecular flexibility index (Phi) is 6.17. The van der Waals surface area contributed by atoms with Crippen LogP contribution < -0.4 is 15.4 Å². The molecule has 24 heavy (non-hydrogen) atoms. The van der Waals surface area contributed by atoms with E-state index >= 15 is 0 Å². The number of benzene rings is 2. The van der Waals surface area contributed by atoms with Crippen molar-refractivity contribution in [2.24, 2.45) is 0 Å². The van der Waals surface area contributed by atoms with E-state index in [4.69, 9.17) is 16.3 Å². The van der Waals surface area contributed by atoms with Gasteiger partial charge in [0, 0.05) is 9.50 Å².